The fraction of sp³-hybridized carbons (Fsp3) is 0.467. The minimum Gasteiger partial charge on any atom is -0.387 e. The van der Waals surface area contributed by atoms with Crippen molar-refractivity contribution in [2.24, 2.45) is 7.05 Å². The van der Waals surface area contributed by atoms with Crippen LogP contribution in [0.25, 0.3) is 10.9 Å². The Bertz CT molecular complexity index is 543. The fourth-order valence-corrected chi connectivity index (χ4v) is 2.37. The number of hydrogen-bond donors (Lipinski definition) is 2. The summed E-state index contributed by atoms with van der Waals surface area (Å²) >= 11 is 0. The highest BCUT2D eigenvalue weighted by molar-refractivity contribution is 5.85. The smallest absolute Gasteiger partial charge is 0.0934 e. The van der Waals surface area contributed by atoms with E-state index >= 15 is 0 Å². The standard InChI is InChI=1S/C15H22N2O/c1-10(2)11-5-6-14-12(7-11)13(9-17(14)4)15(18)8-16-3/h5-7,9-10,15-16,18H,8H2,1-4H3. The van der Waals surface area contributed by atoms with Crippen molar-refractivity contribution < 1.29 is 5.11 Å². The molecule has 0 spiro atoms. The van der Waals surface area contributed by atoms with Crippen LogP contribution in [0, 0.1) is 0 Å². The van der Waals surface area contributed by atoms with Crippen molar-refractivity contribution in [2.45, 2.75) is 25.9 Å². The first-order chi connectivity index (χ1) is 8.54. The molecule has 98 valence electrons. The van der Waals surface area contributed by atoms with Gasteiger partial charge in [0.2, 0.25) is 0 Å². The fourth-order valence-electron chi connectivity index (χ4n) is 2.37. The summed E-state index contributed by atoms with van der Waals surface area (Å²) in [4.78, 5) is 0. The van der Waals surface area contributed by atoms with Gasteiger partial charge >= 0.3 is 0 Å². The summed E-state index contributed by atoms with van der Waals surface area (Å²) in [5, 5.41) is 14.4. The maximum absolute atomic E-state index is 10.2. The first-order valence-corrected chi connectivity index (χ1v) is 6.46. The zero-order valence-corrected chi connectivity index (χ0v) is 11.6. The minimum absolute atomic E-state index is 0.457. The topological polar surface area (TPSA) is 37.2 Å². The molecule has 0 saturated carbocycles. The van der Waals surface area contributed by atoms with E-state index < -0.39 is 6.10 Å². The summed E-state index contributed by atoms with van der Waals surface area (Å²) in [6.07, 6.45) is 1.57. The third-order valence-electron chi connectivity index (χ3n) is 3.47. The van der Waals surface area contributed by atoms with Crippen molar-refractivity contribution in [1.82, 2.24) is 9.88 Å². The van der Waals surface area contributed by atoms with Gasteiger partial charge in [0.25, 0.3) is 0 Å². The lowest BCUT2D eigenvalue weighted by Crippen LogP contribution is -2.16. The van der Waals surface area contributed by atoms with Crippen molar-refractivity contribution in [2.75, 3.05) is 13.6 Å². The Morgan fingerprint density at radius 3 is 2.67 bits per heavy atom. The molecule has 0 radical (unpaired) electrons. The maximum Gasteiger partial charge on any atom is 0.0934 e. The number of aromatic nitrogens is 1. The van der Waals surface area contributed by atoms with E-state index in [2.05, 4.69) is 41.9 Å². The van der Waals surface area contributed by atoms with Gasteiger partial charge in [-0.3, -0.25) is 0 Å². The quantitative estimate of drug-likeness (QED) is 0.870. The molecule has 0 aliphatic rings. The average Bonchev–Trinajstić information content (AvgIpc) is 2.67. The van der Waals surface area contributed by atoms with Crippen molar-refractivity contribution in [3.63, 3.8) is 0 Å². The van der Waals surface area contributed by atoms with Crippen LogP contribution in [-0.2, 0) is 7.05 Å². The molecule has 2 rings (SSSR count). The van der Waals surface area contributed by atoms with Crippen molar-refractivity contribution >= 4 is 10.9 Å². The number of nitrogens with zero attached hydrogens (tertiary/aromatic N) is 1. The summed E-state index contributed by atoms with van der Waals surface area (Å²) < 4.78 is 2.08. The maximum atomic E-state index is 10.2. The highest BCUT2D eigenvalue weighted by atomic mass is 16.3. The van der Waals surface area contributed by atoms with E-state index in [9.17, 15) is 5.11 Å². The van der Waals surface area contributed by atoms with Gasteiger partial charge in [-0.05, 0) is 30.7 Å². The lowest BCUT2D eigenvalue weighted by atomic mass is 9.99. The lowest BCUT2D eigenvalue weighted by Gasteiger charge is -2.10. The molecule has 0 saturated heterocycles. The molecule has 1 unspecified atom stereocenters. The number of hydrogen-bond acceptors (Lipinski definition) is 2. The van der Waals surface area contributed by atoms with E-state index in [1.165, 1.54) is 11.1 Å². The molecule has 2 N–H and O–H groups in total. The monoisotopic (exact) mass is 246 g/mol. The van der Waals surface area contributed by atoms with Crippen LogP contribution in [0.1, 0.15) is 37.0 Å². The lowest BCUT2D eigenvalue weighted by molar-refractivity contribution is 0.179. The second-order valence-corrected chi connectivity index (χ2v) is 5.20. The molecule has 1 heterocycles. The predicted molar refractivity (Wildman–Crippen MR) is 75.9 cm³/mol. The zero-order chi connectivity index (χ0) is 13.3. The first kappa shape index (κ1) is 13.1. The molecule has 0 bridgehead atoms. The van der Waals surface area contributed by atoms with Crippen LogP contribution < -0.4 is 5.32 Å². The van der Waals surface area contributed by atoms with Crippen LogP contribution in [0.15, 0.2) is 24.4 Å². The van der Waals surface area contributed by atoms with E-state index in [-0.39, 0.29) is 0 Å². The number of aliphatic hydroxyl groups is 1. The van der Waals surface area contributed by atoms with Gasteiger partial charge in [-0.2, -0.15) is 0 Å². The number of aliphatic hydroxyl groups excluding tert-OH is 1. The van der Waals surface area contributed by atoms with Gasteiger partial charge in [-0.1, -0.05) is 19.9 Å². The van der Waals surface area contributed by atoms with Gasteiger partial charge in [0.05, 0.1) is 6.10 Å². The number of nitrogens with one attached hydrogen (secondary N) is 1. The molecule has 18 heavy (non-hydrogen) atoms. The highest BCUT2D eigenvalue weighted by Gasteiger charge is 2.14. The predicted octanol–water partition coefficient (Wildman–Crippen LogP) is 2.55. The number of rotatable bonds is 4. The molecule has 3 heteroatoms. The summed E-state index contributed by atoms with van der Waals surface area (Å²) in [6, 6.07) is 6.51. The molecule has 0 amide bonds. The highest BCUT2D eigenvalue weighted by Crippen LogP contribution is 2.28. The Hall–Kier alpha value is -1.32. The van der Waals surface area contributed by atoms with Crippen LogP contribution >= 0.6 is 0 Å². The van der Waals surface area contributed by atoms with Gasteiger partial charge < -0.3 is 15.0 Å². The van der Waals surface area contributed by atoms with E-state index in [0.29, 0.717) is 12.5 Å². The van der Waals surface area contributed by atoms with Crippen molar-refractivity contribution in [3.05, 3.63) is 35.5 Å². The summed E-state index contributed by atoms with van der Waals surface area (Å²) in [5.74, 6) is 0.504. The summed E-state index contributed by atoms with van der Waals surface area (Å²) in [6.45, 7) is 4.95. The van der Waals surface area contributed by atoms with Gasteiger partial charge in [0, 0.05) is 36.3 Å². The zero-order valence-electron chi connectivity index (χ0n) is 11.6. The van der Waals surface area contributed by atoms with Crippen molar-refractivity contribution in [1.29, 1.82) is 0 Å². The summed E-state index contributed by atoms with van der Waals surface area (Å²) in [5.41, 5.74) is 3.49. The molecular weight excluding hydrogens is 224 g/mol. The minimum atomic E-state index is -0.457. The molecule has 0 aliphatic heterocycles. The second-order valence-electron chi connectivity index (χ2n) is 5.20. The number of benzene rings is 1. The van der Waals surface area contributed by atoms with Crippen LogP contribution in [0.3, 0.4) is 0 Å². The Balaban J connectivity index is 2.55. The molecule has 0 fully saturated rings. The van der Waals surface area contributed by atoms with Crippen LogP contribution in [0.2, 0.25) is 0 Å². The Kier molecular flexibility index (Phi) is 3.73. The third kappa shape index (κ3) is 2.28. The molecule has 2 aromatic rings. The SMILES string of the molecule is CNCC(O)c1cn(C)c2ccc(C(C)C)cc12. The molecule has 0 aliphatic carbocycles. The Morgan fingerprint density at radius 1 is 1.33 bits per heavy atom. The van der Waals surface area contributed by atoms with Crippen LogP contribution in [0.5, 0.6) is 0 Å². The molecule has 1 atom stereocenters. The number of fused-ring (bicyclic) bond motifs is 1. The van der Waals surface area contributed by atoms with Gasteiger partial charge in [0.1, 0.15) is 0 Å². The van der Waals surface area contributed by atoms with Gasteiger partial charge in [-0.25, -0.2) is 0 Å². The van der Waals surface area contributed by atoms with E-state index in [0.717, 1.165) is 10.9 Å². The van der Waals surface area contributed by atoms with Crippen molar-refractivity contribution in [3.8, 4) is 0 Å². The van der Waals surface area contributed by atoms with E-state index in [4.69, 9.17) is 0 Å². The van der Waals surface area contributed by atoms with Crippen LogP contribution in [-0.4, -0.2) is 23.3 Å². The van der Waals surface area contributed by atoms with Gasteiger partial charge in [0.15, 0.2) is 0 Å². The van der Waals surface area contributed by atoms with Gasteiger partial charge in [-0.15, -0.1) is 0 Å². The number of likely N-dealkylation sites (N-methyl/N-ethyl adjacent to an activating group) is 1. The second kappa shape index (κ2) is 5.12. The number of aryl methyl sites for hydroxylation is 1. The molecule has 3 nitrogen and oxygen atoms in total. The molecule has 1 aromatic heterocycles. The first-order valence-electron chi connectivity index (χ1n) is 6.46. The van der Waals surface area contributed by atoms with E-state index in [1.807, 2.05) is 20.3 Å². The average molecular weight is 246 g/mol. The normalized spacial score (nSPS) is 13.4. The largest absolute Gasteiger partial charge is 0.387 e. The Morgan fingerprint density at radius 2 is 2.06 bits per heavy atom. The van der Waals surface area contributed by atoms with E-state index in [1.54, 1.807) is 0 Å². The molecular formula is C15H22N2O. The molecule has 1 aromatic carbocycles. The third-order valence-corrected chi connectivity index (χ3v) is 3.47. The Labute approximate surface area is 108 Å². The summed E-state index contributed by atoms with van der Waals surface area (Å²) in [7, 11) is 3.88. The van der Waals surface area contributed by atoms with Crippen LogP contribution in [0.4, 0.5) is 0 Å².